The maximum absolute atomic E-state index is 12.7. The minimum Gasteiger partial charge on any atom is -0.352 e. The zero-order valence-corrected chi connectivity index (χ0v) is 7.09. The molecule has 2 atom stereocenters. The van der Waals surface area contributed by atoms with E-state index in [9.17, 15) is 13.6 Å². The van der Waals surface area contributed by atoms with Gasteiger partial charge >= 0.3 is 6.03 Å². The molecule has 2 aliphatic rings. The number of carbonyl (C=O) groups is 1. The van der Waals surface area contributed by atoms with Crippen LogP contribution in [0.4, 0.5) is 13.6 Å². The highest BCUT2D eigenvalue weighted by molar-refractivity contribution is 5.71. The fraction of sp³-hybridized carbons (Fsp3) is 0.875. The van der Waals surface area contributed by atoms with Gasteiger partial charge in [-0.1, -0.05) is 0 Å². The summed E-state index contributed by atoms with van der Waals surface area (Å²) in [7, 11) is 0. The van der Waals surface area contributed by atoms with Gasteiger partial charge in [0.15, 0.2) is 0 Å². The highest BCUT2D eigenvalue weighted by Gasteiger charge is 2.71. The molecule has 0 aromatic carbocycles. The van der Waals surface area contributed by atoms with Gasteiger partial charge in [-0.2, -0.15) is 0 Å². The number of primary amides is 1. The number of nitrogens with two attached hydrogens (primary N) is 1. The fourth-order valence-electron chi connectivity index (χ4n) is 2.33. The molecule has 0 heterocycles. The number of rotatable bonds is 2. The summed E-state index contributed by atoms with van der Waals surface area (Å²) in [5.74, 6) is -3.06. The summed E-state index contributed by atoms with van der Waals surface area (Å²) in [6.45, 7) is 0.443. The smallest absolute Gasteiger partial charge is 0.312 e. The zero-order valence-electron chi connectivity index (χ0n) is 7.09. The summed E-state index contributed by atoms with van der Waals surface area (Å²) in [5, 5.41) is 2.45. The lowest BCUT2D eigenvalue weighted by molar-refractivity contribution is 0.0641. The van der Waals surface area contributed by atoms with Crippen molar-refractivity contribution in [1.29, 1.82) is 0 Å². The van der Waals surface area contributed by atoms with Crippen LogP contribution in [0.5, 0.6) is 0 Å². The Kier molecular flexibility index (Phi) is 1.72. The number of amides is 2. The first-order valence-electron chi connectivity index (χ1n) is 4.43. The monoisotopic (exact) mass is 190 g/mol. The minimum atomic E-state index is -2.41. The van der Waals surface area contributed by atoms with E-state index in [1.54, 1.807) is 0 Å². The van der Waals surface area contributed by atoms with Crippen LogP contribution in [0.2, 0.25) is 0 Å². The van der Waals surface area contributed by atoms with Crippen molar-refractivity contribution in [2.75, 3.05) is 6.54 Å². The van der Waals surface area contributed by atoms with Crippen molar-refractivity contribution in [2.45, 2.75) is 18.8 Å². The molecule has 0 bridgehead atoms. The Labute approximate surface area is 74.7 Å². The van der Waals surface area contributed by atoms with Gasteiger partial charge in [-0.3, -0.25) is 0 Å². The molecule has 2 saturated carbocycles. The standard InChI is InChI=1S/C8H12F2N2O/c9-8(10)5-1-4(2-6(5)8)3-12-7(11)13/h4-6H,1-3H2,(H3,11,12,13). The third-order valence-electron chi connectivity index (χ3n) is 3.10. The van der Waals surface area contributed by atoms with Gasteiger partial charge in [0, 0.05) is 18.4 Å². The number of urea groups is 1. The average molecular weight is 190 g/mol. The Morgan fingerprint density at radius 1 is 1.46 bits per heavy atom. The molecule has 2 unspecified atom stereocenters. The molecule has 3 nitrogen and oxygen atoms in total. The van der Waals surface area contributed by atoms with Crippen molar-refractivity contribution < 1.29 is 13.6 Å². The zero-order chi connectivity index (χ0) is 9.64. The molecule has 2 amide bonds. The third kappa shape index (κ3) is 1.36. The summed E-state index contributed by atoms with van der Waals surface area (Å²) in [4.78, 5) is 10.3. The van der Waals surface area contributed by atoms with E-state index in [0.717, 1.165) is 0 Å². The topological polar surface area (TPSA) is 55.1 Å². The van der Waals surface area contributed by atoms with E-state index >= 15 is 0 Å². The van der Waals surface area contributed by atoms with Crippen LogP contribution in [0.3, 0.4) is 0 Å². The second-order valence-corrected chi connectivity index (χ2v) is 3.97. The molecular weight excluding hydrogens is 178 g/mol. The number of halogens is 2. The van der Waals surface area contributed by atoms with Gasteiger partial charge in [0.25, 0.3) is 5.92 Å². The number of fused-ring (bicyclic) bond motifs is 1. The molecule has 0 aromatic rings. The number of hydrogen-bond acceptors (Lipinski definition) is 1. The molecule has 3 N–H and O–H groups in total. The maximum Gasteiger partial charge on any atom is 0.312 e. The van der Waals surface area contributed by atoms with Gasteiger partial charge in [0.1, 0.15) is 0 Å². The molecule has 0 radical (unpaired) electrons. The predicted molar refractivity (Wildman–Crippen MR) is 42.2 cm³/mol. The Bertz CT molecular complexity index is 230. The predicted octanol–water partition coefficient (Wildman–Crippen LogP) is 0.946. The van der Waals surface area contributed by atoms with Crippen molar-refractivity contribution >= 4 is 6.03 Å². The van der Waals surface area contributed by atoms with Crippen molar-refractivity contribution in [3.8, 4) is 0 Å². The van der Waals surface area contributed by atoms with Crippen molar-refractivity contribution in [1.82, 2.24) is 5.32 Å². The average Bonchev–Trinajstić information content (AvgIpc) is 2.51. The molecule has 0 aliphatic heterocycles. The molecule has 2 aliphatic carbocycles. The molecule has 74 valence electrons. The van der Waals surface area contributed by atoms with Crippen LogP contribution in [0.25, 0.3) is 0 Å². The molecule has 2 rings (SSSR count). The van der Waals surface area contributed by atoms with Gasteiger partial charge in [-0.25, -0.2) is 13.6 Å². The lowest BCUT2D eigenvalue weighted by Gasteiger charge is -2.13. The first kappa shape index (κ1) is 8.72. The van der Waals surface area contributed by atoms with Crippen LogP contribution in [-0.4, -0.2) is 18.5 Å². The van der Waals surface area contributed by atoms with E-state index in [1.165, 1.54) is 0 Å². The Morgan fingerprint density at radius 2 is 2.00 bits per heavy atom. The largest absolute Gasteiger partial charge is 0.352 e. The van der Waals surface area contributed by atoms with Crippen LogP contribution < -0.4 is 11.1 Å². The summed E-state index contributed by atoms with van der Waals surface area (Å²) in [6.07, 6.45) is 1.05. The maximum atomic E-state index is 12.7. The van der Waals surface area contributed by atoms with Gasteiger partial charge in [-0.05, 0) is 18.8 Å². The van der Waals surface area contributed by atoms with Crippen LogP contribution in [0.15, 0.2) is 0 Å². The van der Waals surface area contributed by atoms with Crippen molar-refractivity contribution in [3.05, 3.63) is 0 Å². The van der Waals surface area contributed by atoms with Crippen molar-refractivity contribution in [3.63, 3.8) is 0 Å². The molecule has 13 heavy (non-hydrogen) atoms. The number of hydrogen-bond donors (Lipinski definition) is 2. The highest BCUT2D eigenvalue weighted by Crippen LogP contribution is 2.65. The van der Waals surface area contributed by atoms with E-state index in [2.05, 4.69) is 5.32 Å². The first-order chi connectivity index (χ1) is 6.01. The Hall–Kier alpha value is -0.870. The van der Waals surface area contributed by atoms with E-state index in [1.807, 2.05) is 0 Å². The van der Waals surface area contributed by atoms with Crippen LogP contribution >= 0.6 is 0 Å². The quantitative estimate of drug-likeness (QED) is 0.669. The van der Waals surface area contributed by atoms with Gasteiger partial charge in [0.05, 0.1) is 0 Å². The molecule has 5 heteroatoms. The second kappa shape index (κ2) is 2.56. The van der Waals surface area contributed by atoms with E-state index < -0.39 is 23.8 Å². The summed E-state index contributed by atoms with van der Waals surface area (Å²) >= 11 is 0. The lowest BCUT2D eigenvalue weighted by atomic mass is 10.0. The molecule has 2 fully saturated rings. The van der Waals surface area contributed by atoms with Crippen molar-refractivity contribution in [2.24, 2.45) is 23.5 Å². The third-order valence-corrected chi connectivity index (χ3v) is 3.10. The summed E-state index contributed by atoms with van der Waals surface area (Å²) in [5.41, 5.74) is 4.87. The molecular formula is C8H12F2N2O. The van der Waals surface area contributed by atoms with Gasteiger partial charge in [0.2, 0.25) is 0 Å². The fourth-order valence-corrected chi connectivity index (χ4v) is 2.33. The summed E-state index contributed by atoms with van der Waals surface area (Å²) < 4.78 is 25.4. The Balaban J connectivity index is 1.75. The lowest BCUT2D eigenvalue weighted by Crippen LogP contribution is -2.33. The SMILES string of the molecule is NC(=O)NCC1CC2C(C1)C2(F)F. The number of alkyl halides is 2. The molecule has 0 saturated heterocycles. The number of carbonyl (C=O) groups excluding carboxylic acids is 1. The Morgan fingerprint density at radius 3 is 2.46 bits per heavy atom. The van der Waals surface area contributed by atoms with Crippen LogP contribution in [-0.2, 0) is 0 Å². The number of nitrogens with one attached hydrogen (secondary N) is 1. The van der Waals surface area contributed by atoms with Gasteiger partial charge < -0.3 is 11.1 Å². The van der Waals surface area contributed by atoms with Crippen LogP contribution in [0.1, 0.15) is 12.8 Å². The summed E-state index contributed by atoms with van der Waals surface area (Å²) in [6, 6.07) is -0.577. The first-order valence-corrected chi connectivity index (χ1v) is 4.43. The minimum absolute atomic E-state index is 0.196. The van der Waals surface area contributed by atoms with Crippen LogP contribution in [0, 0.1) is 17.8 Å². The van der Waals surface area contributed by atoms with Gasteiger partial charge in [-0.15, -0.1) is 0 Å². The van der Waals surface area contributed by atoms with E-state index in [4.69, 9.17) is 5.73 Å². The molecule has 0 aromatic heterocycles. The molecule has 0 spiro atoms. The normalized spacial score (nSPS) is 39.7. The second-order valence-electron chi connectivity index (χ2n) is 3.97. The van der Waals surface area contributed by atoms with E-state index in [-0.39, 0.29) is 5.92 Å². The highest BCUT2D eigenvalue weighted by atomic mass is 19.3. The van der Waals surface area contributed by atoms with E-state index in [0.29, 0.717) is 19.4 Å².